The van der Waals surface area contributed by atoms with Gasteiger partial charge in [-0.2, -0.15) is 5.10 Å². The van der Waals surface area contributed by atoms with Gasteiger partial charge >= 0.3 is 0 Å². The van der Waals surface area contributed by atoms with Crippen molar-refractivity contribution in [3.8, 4) is 22.8 Å². The maximum Gasteiger partial charge on any atom is 0.250 e. The van der Waals surface area contributed by atoms with Crippen molar-refractivity contribution in [3.63, 3.8) is 0 Å². The molecule has 0 aliphatic carbocycles. The second-order valence-corrected chi connectivity index (χ2v) is 9.11. The van der Waals surface area contributed by atoms with Crippen molar-refractivity contribution >= 4 is 41.6 Å². The Morgan fingerprint density at radius 2 is 1.78 bits per heavy atom. The van der Waals surface area contributed by atoms with Crippen molar-refractivity contribution in [2.75, 3.05) is 12.9 Å². The predicted molar refractivity (Wildman–Crippen MR) is 146 cm³/mol. The zero-order valence-corrected chi connectivity index (χ0v) is 21.3. The van der Waals surface area contributed by atoms with Crippen LogP contribution in [0.1, 0.15) is 12.5 Å². The maximum absolute atomic E-state index is 12.4. The summed E-state index contributed by atoms with van der Waals surface area (Å²) in [5, 5.41) is 14.0. The van der Waals surface area contributed by atoms with Crippen molar-refractivity contribution in [3.05, 3.63) is 95.0 Å². The topological polar surface area (TPSA) is 81.4 Å². The summed E-state index contributed by atoms with van der Waals surface area (Å²) >= 11 is 7.36. The molecule has 4 rings (SSSR count). The van der Waals surface area contributed by atoms with Gasteiger partial charge < -0.3 is 4.74 Å². The number of methoxy groups -OCH3 is 1. The van der Waals surface area contributed by atoms with Gasteiger partial charge in [-0.25, -0.2) is 5.43 Å². The van der Waals surface area contributed by atoms with Crippen molar-refractivity contribution < 1.29 is 9.53 Å². The average Bonchev–Trinajstić information content (AvgIpc) is 3.32. The van der Waals surface area contributed by atoms with E-state index in [0.717, 1.165) is 28.1 Å². The molecule has 0 saturated carbocycles. The second kappa shape index (κ2) is 12.2. The van der Waals surface area contributed by atoms with E-state index in [1.807, 2.05) is 84.3 Å². The smallest absolute Gasteiger partial charge is 0.250 e. The first-order valence-corrected chi connectivity index (χ1v) is 12.4. The molecule has 182 valence electrons. The number of halogens is 1. The normalized spacial score (nSPS) is 11.6. The number of carbonyl (C=O) groups excluding carboxylic acids is 1. The molecule has 7 nitrogen and oxygen atoms in total. The van der Waals surface area contributed by atoms with E-state index in [2.05, 4.69) is 20.7 Å². The van der Waals surface area contributed by atoms with Gasteiger partial charge in [-0.05, 0) is 66.6 Å². The molecule has 1 heterocycles. The highest BCUT2D eigenvalue weighted by Crippen LogP contribution is 2.29. The van der Waals surface area contributed by atoms with Crippen LogP contribution in [0.15, 0.2) is 94.7 Å². The number of benzene rings is 3. The third kappa shape index (κ3) is 6.62. The third-order valence-electron chi connectivity index (χ3n) is 5.05. The number of aromatic nitrogens is 3. The minimum Gasteiger partial charge on any atom is -0.497 e. The van der Waals surface area contributed by atoms with Crippen LogP contribution in [0.3, 0.4) is 0 Å². The largest absolute Gasteiger partial charge is 0.497 e. The van der Waals surface area contributed by atoms with E-state index in [1.165, 1.54) is 11.8 Å². The van der Waals surface area contributed by atoms with E-state index in [4.69, 9.17) is 16.3 Å². The van der Waals surface area contributed by atoms with Crippen LogP contribution < -0.4 is 10.2 Å². The van der Waals surface area contributed by atoms with Gasteiger partial charge in [-0.1, -0.05) is 59.8 Å². The lowest BCUT2D eigenvalue weighted by atomic mass is 10.1. The van der Waals surface area contributed by atoms with Gasteiger partial charge in [0.05, 0.1) is 19.1 Å². The number of thioether (sulfide) groups is 1. The Labute approximate surface area is 218 Å². The summed E-state index contributed by atoms with van der Waals surface area (Å²) in [6.45, 7) is 1.92. The first-order chi connectivity index (χ1) is 17.5. The number of amides is 1. The van der Waals surface area contributed by atoms with Crippen molar-refractivity contribution in [2.45, 2.75) is 12.1 Å². The number of nitrogens with zero attached hydrogens (tertiary/aromatic N) is 4. The standard InChI is InChI=1S/C27H24ClN5O2S/c1-19(16-20-6-4-3-5-7-20)17-29-30-25(34)18-36-27-32-31-26(21-8-14-24(35-2)15-9-21)33(27)23-12-10-22(28)11-13-23/h3-17H,18H2,1-2H3,(H,30,34)/b19-16+,29-17+. The Bertz CT molecular complexity index is 1370. The lowest BCUT2D eigenvalue weighted by Gasteiger charge is -2.11. The van der Waals surface area contributed by atoms with Crippen molar-refractivity contribution in [1.82, 2.24) is 20.2 Å². The molecule has 36 heavy (non-hydrogen) atoms. The van der Waals surface area contributed by atoms with Gasteiger partial charge in [0, 0.05) is 16.3 Å². The molecule has 0 unspecified atom stereocenters. The van der Waals surface area contributed by atoms with Crippen LogP contribution in [-0.4, -0.2) is 39.7 Å². The molecule has 9 heteroatoms. The fourth-order valence-corrected chi connectivity index (χ4v) is 4.20. The first kappa shape index (κ1) is 25.2. The zero-order chi connectivity index (χ0) is 25.3. The summed E-state index contributed by atoms with van der Waals surface area (Å²) in [7, 11) is 1.62. The molecule has 0 radical (unpaired) electrons. The van der Waals surface area contributed by atoms with Crippen LogP contribution in [0.5, 0.6) is 5.75 Å². The number of nitrogens with one attached hydrogen (secondary N) is 1. The zero-order valence-electron chi connectivity index (χ0n) is 19.8. The van der Waals surface area contributed by atoms with E-state index in [-0.39, 0.29) is 11.7 Å². The Morgan fingerprint density at radius 3 is 2.47 bits per heavy atom. The van der Waals surface area contributed by atoms with Gasteiger partial charge in [0.25, 0.3) is 5.91 Å². The lowest BCUT2D eigenvalue weighted by molar-refractivity contribution is -0.118. The van der Waals surface area contributed by atoms with Crippen LogP contribution in [0.4, 0.5) is 0 Å². The number of rotatable bonds is 9. The number of hydrogen-bond donors (Lipinski definition) is 1. The van der Waals surface area contributed by atoms with Crippen LogP contribution in [-0.2, 0) is 4.79 Å². The fraction of sp³-hybridized carbons (Fsp3) is 0.111. The summed E-state index contributed by atoms with van der Waals surface area (Å²) in [6, 6.07) is 24.8. The summed E-state index contributed by atoms with van der Waals surface area (Å²) in [5.41, 5.74) is 6.24. The number of carbonyl (C=O) groups is 1. The Hall–Kier alpha value is -3.88. The average molecular weight is 518 g/mol. The Morgan fingerprint density at radius 1 is 1.06 bits per heavy atom. The summed E-state index contributed by atoms with van der Waals surface area (Å²) in [6.07, 6.45) is 3.60. The molecule has 0 spiro atoms. The van der Waals surface area contributed by atoms with E-state index in [1.54, 1.807) is 25.5 Å². The summed E-state index contributed by atoms with van der Waals surface area (Å²) in [5.74, 6) is 1.26. The SMILES string of the molecule is COc1ccc(-c2nnc(SCC(=O)N/N=C/C(C)=C/c3ccccc3)n2-c2ccc(Cl)cc2)cc1. The fourth-order valence-electron chi connectivity index (χ4n) is 3.33. The molecule has 0 aliphatic heterocycles. The molecule has 0 saturated heterocycles. The first-order valence-electron chi connectivity index (χ1n) is 11.1. The lowest BCUT2D eigenvalue weighted by Crippen LogP contribution is -2.20. The molecular weight excluding hydrogens is 494 g/mol. The second-order valence-electron chi connectivity index (χ2n) is 7.73. The number of allylic oxidation sites excluding steroid dienone is 1. The Kier molecular flexibility index (Phi) is 8.54. The molecule has 0 bridgehead atoms. The molecule has 3 aromatic carbocycles. The van der Waals surface area contributed by atoms with E-state index >= 15 is 0 Å². The molecular formula is C27H24ClN5O2S. The van der Waals surface area contributed by atoms with Gasteiger partial charge in [-0.3, -0.25) is 9.36 Å². The highest BCUT2D eigenvalue weighted by molar-refractivity contribution is 7.99. The predicted octanol–water partition coefficient (Wildman–Crippen LogP) is 5.89. The molecule has 0 fully saturated rings. The van der Waals surface area contributed by atoms with Crippen LogP contribution in [0.2, 0.25) is 5.02 Å². The monoisotopic (exact) mass is 517 g/mol. The molecule has 0 atom stereocenters. The molecule has 1 amide bonds. The number of hydrogen-bond acceptors (Lipinski definition) is 6. The summed E-state index contributed by atoms with van der Waals surface area (Å²) in [4.78, 5) is 12.4. The maximum atomic E-state index is 12.4. The molecule has 1 aromatic heterocycles. The van der Waals surface area contributed by atoms with E-state index in [0.29, 0.717) is 16.0 Å². The van der Waals surface area contributed by atoms with Crippen LogP contribution in [0, 0.1) is 0 Å². The van der Waals surface area contributed by atoms with Gasteiger partial charge in [0.1, 0.15) is 5.75 Å². The van der Waals surface area contributed by atoms with E-state index < -0.39 is 0 Å². The highest BCUT2D eigenvalue weighted by Gasteiger charge is 2.17. The number of hydrazone groups is 1. The quantitative estimate of drug-likeness (QED) is 0.170. The molecule has 0 aliphatic rings. The highest BCUT2D eigenvalue weighted by atomic mass is 35.5. The minimum absolute atomic E-state index is 0.118. The Balaban J connectivity index is 1.47. The van der Waals surface area contributed by atoms with Gasteiger partial charge in [-0.15, -0.1) is 10.2 Å². The van der Waals surface area contributed by atoms with Crippen LogP contribution in [0.25, 0.3) is 23.2 Å². The minimum atomic E-state index is -0.250. The van der Waals surface area contributed by atoms with Gasteiger partial charge in [0.2, 0.25) is 0 Å². The van der Waals surface area contributed by atoms with Gasteiger partial charge in [0.15, 0.2) is 11.0 Å². The van der Waals surface area contributed by atoms with E-state index in [9.17, 15) is 4.79 Å². The third-order valence-corrected chi connectivity index (χ3v) is 6.23. The van der Waals surface area contributed by atoms with Crippen LogP contribution >= 0.6 is 23.4 Å². The van der Waals surface area contributed by atoms with Crippen molar-refractivity contribution in [2.24, 2.45) is 5.10 Å². The van der Waals surface area contributed by atoms with Crippen molar-refractivity contribution in [1.29, 1.82) is 0 Å². The molecule has 1 N–H and O–H groups in total. The number of ether oxygens (including phenoxy) is 1. The molecule has 4 aromatic rings. The summed E-state index contributed by atoms with van der Waals surface area (Å²) < 4.78 is 7.15.